The molecule has 1 heterocycles. The second-order valence-electron chi connectivity index (χ2n) is 6.97. The fraction of sp³-hybridized carbons (Fsp3) is 0.765. The lowest BCUT2D eigenvalue weighted by molar-refractivity contribution is 0.522. The number of nitrogens with two attached hydrogens (primary N) is 1. The Bertz CT molecular complexity index is 450. The number of anilines is 2. The lowest BCUT2D eigenvalue weighted by Crippen LogP contribution is -2.36. The number of aromatic nitrogens is 2. The molecule has 2 N–H and O–H groups in total. The molecule has 0 aromatic carbocycles. The molecule has 1 aliphatic carbocycles. The van der Waals surface area contributed by atoms with Crippen LogP contribution in [0, 0.1) is 5.92 Å². The average Bonchev–Trinajstić information content (AvgIpc) is 2.92. The Morgan fingerprint density at radius 1 is 1.19 bits per heavy atom. The molecule has 1 aromatic heterocycles. The second-order valence-corrected chi connectivity index (χ2v) is 6.97. The smallest absolute Gasteiger partial charge is 0.137 e. The van der Waals surface area contributed by atoms with E-state index in [-0.39, 0.29) is 0 Å². The maximum absolute atomic E-state index is 6.14. The first kappa shape index (κ1) is 16.1. The fourth-order valence-electron chi connectivity index (χ4n) is 3.26. The molecule has 0 saturated heterocycles. The van der Waals surface area contributed by atoms with E-state index in [1.165, 1.54) is 32.1 Å². The first-order valence-electron chi connectivity index (χ1n) is 8.37. The van der Waals surface area contributed by atoms with Gasteiger partial charge in [0.25, 0.3) is 0 Å². The number of rotatable bonds is 6. The molecule has 1 saturated carbocycles. The normalized spacial score (nSPS) is 16.1. The van der Waals surface area contributed by atoms with Crippen LogP contribution in [-0.4, -0.2) is 22.6 Å². The number of hydrogen-bond donors (Lipinski definition) is 1. The van der Waals surface area contributed by atoms with Crippen molar-refractivity contribution in [2.24, 2.45) is 5.92 Å². The van der Waals surface area contributed by atoms with Crippen LogP contribution in [0.3, 0.4) is 0 Å². The molecule has 1 aromatic rings. The van der Waals surface area contributed by atoms with Crippen molar-refractivity contribution in [2.45, 2.75) is 71.8 Å². The molecule has 0 radical (unpaired) electrons. The highest BCUT2D eigenvalue weighted by atomic mass is 15.2. The minimum atomic E-state index is 0.351. The van der Waals surface area contributed by atoms with Gasteiger partial charge in [-0.3, -0.25) is 0 Å². The van der Waals surface area contributed by atoms with Gasteiger partial charge in [0.15, 0.2) is 0 Å². The number of hydrogen-bond acceptors (Lipinski definition) is 4. The van der Waals surface area contributed by atoms with Crippen molar-refractivity contribution < 1.29 is 0 Å². The van der Waals surface area contributed by atoms with Crippen LogP contribution in [0.5, 0.6) is 0 Å². The van der Waals surface area contributed by atoms with Crippen LogP contribution in [0.25, 0.3) is 0 Å². The molecular formula is C17H30N4. The number of nitrogen functional groups attached to an aromatic ring is 1. The zero-order valence-corrected chi connectivity index (χ0v) is 14.0. The molecule has 118 valence electrons. The summed E-state index contributed by atoms with van der Waals surface area (Å²) in [5.74, 6) is 2.77. The summed E-state index contributed by atoms with van der Waals surface area (Å²) >= 11 is 0. The van der Waals surface area contributed by atoms with Crippen LogP contribution < -0.4 is 10.6 Å². The molecule has 4 heteroatoms. The van der Waals surface area contributed by atoms with Gasteiger partial charge in [0.2, 0.25) is 0 Å². The molecule has 2 rings (SSSR count). The van der Waals surface area contributed by atoms with Crippen LogP contribution in [0.1, 0.15) is 71.3 Å². The Kier molecular flexibility index (Phi) is 5.43. The summed E-state index contributed by atoms with van der Waals surface area (Å²) < 4.78 is 0. The van der Waals surface area contributed by atoms with Gasteiger partial charge in [-0.05, 0) is 31.1 Å². The monoisotopic (exact) mass is 290 g/mol. The first-order valence-corrected chi connectivity index (χ1v) is 8.37. The highest BCUT2D eigenvalue weighted by Gasteiger charge is 2.27. The summed E-state index contributed by atoms with van der Waals surface area (Å²) in [6.07, 6.45) is 8.03. The van der Waals surface area contributed by atoms with E-state index in [4.69, 9.17) is 5.73 Å². The Hall–Kier alpha value is -1.32. The fourth-order valence-corrected chi connectivity index (χ4v) is 3.26. The van der Waals surface area contributed by atoms with Crippen LogP contribution in [0.15, 0.2) is 6.33 Å². The quantitative estimate of drug-likeness (QED) is 0.861. The van der Waals surface area contributed by atoms with Crippen molar-refractivity contribution in [3.8, 4) is 0 Å². The third kappa shape index (κ3) is 3.86. The Morgan fingerprint density at radius 3 is 2.43 bits per heavy atom. The van der Waals surface area contributed by atoms with Crippen molar-refractivity contribution >= 4 is 11.6 Å². The minimum absolute atomic E-state index is 0.351. The molecule has 1 fully saturated rings. The largest absolute Gasteiger partial charge is 0.383 e. The van der Waals surface area contributed by atoms with Crippen molar-refractivity contribution in [3.63, 3.8) is 0 Å². The van der Waals surface area contributed by atoms with Crippen LogP contribution in [0.4, 0.5) is 11.6 Å². The van der Waals surface area contributed by atoms with Gasteiger partial charge in [-0.2, -0.15) is 0 Å². The predicted octanol–water partition coefficient (Wildman–Crippen LogP) is 3.98. The Balaban J connectivity index is 2.33. The summed E-state index contributed by atoms with van der Waals surface area (Å²) in [4.78, 5) is 11.3. The Morgan fingerprint density at radius 2 is 1.86 bits per heavy atom. The molecule has 0 spiro atoms. The molecule has 0 atom stereocenters. The van der Waals surface area contributed by atoms with E-state index in [9.17, 15) is 0 Å². The van der Waals surface area contributed by atoms with E-state index in [2.05, 4.69) is 42.6 Å². The molecule has 0 aliphatic heterocycles. The third-order valence-corrected chi connectivity index (χ3v) is 4.46. The van der Waals surface area contributed by atoms with E-state index in [0.29, 0.717) is 23.7 Å². The van der Waals surface area contributed by atoms with Gasteiger partial charge >= 0.3 is 0 Å². The minimum Gasteiger partial charge on any atom is -0.383 e. The maximum Gasteiger partial charge on any atom is 0.137 e. The summed E-state index contributed by atoms with van der Waals surface area (Å²) in [6, 6.07) is 0.621. The zero-order valence-electron chi connectivity index (χ0n) is 14.0. The van der Waals surface area contributed by atoms with Gasteiger partial charge < -0.3 is 10.6 Å². The summed E-state index contributed by atoms with van der Waals surface area (Å²) in [6.45, 7) is 9.98. The maximum atomic E-state index is 6.14. The predicted molar refractivity (Wildman–Crippen MR) is 89.6 cm³/mol. The van der Waals surface area contributed by atoms with E-state index in [1.807, 2.05) is 0 Å². The van der Waals surface area contributed by atoms with Gasteiger partial charge in [0.1, 0.15) is 18.0 Å². The molecule has 1 aliphatic rings. The zero-order chi connectivity index (χ0) is 15.4. The standard InChI is InChI=1S/C17H30N4/c1-12(2)9-10-21(14-7-5-6-8-14)17-15(13(3)4)16(18)19-11-20-17/h11-14H,5-10H2,1-4H3,(H2,18,19,20). The van der Waals surface area contributed by atoms with Gasteiger partial charge in [-0.15, -0.1) is 0 Å². The highest BCUT2D eigenvalue weighted by molar-refractivity contribution is 5.58. The van der Waals surface area contributed by atoms with E-state index in [0.717, 1.165) is 17.9 Å². The summed E-state index contributed by atoms with van der Waals surface area (Å²) in [5.41, 5.74) is 7.26. The van der Waals surface area contributed by atoms with E-state index >= 15 is 0 Å². The van der Waals surface area contributed by atoms with Gasteiger partial charge in [-0.1, -0.05) is 40.5 Å². The topological polar surface area (TPSA) is 55.0 Å². The van der Waals surface area contributed by atoms with Gasteiger partial charge in [-0.25, -0.2) is 9.97 Å². The average molecular weight is 290 g/mol. The van der Waals surface area contributed by atoms with Crippen LogP contribution >= 0.6 is 0 Å². The van der Waals surface area contributed by atoms with Crippen molar-refractivity contribution in [1.29, 1.82) is 0 Å². The molecule has 0 unspecified atom stereocenters. The van der Waals surface area contributed by atoms with E-state index in [1.54, 1.807) is 6.33 Å². The molecule has 0 amide bonds. The third-order valence-electron chi connectivity index (χ3n) is 4.46. The van der Waals surface area contributed by atoms with Crippen LogP contribution in [0.2, 0.25) is 0 Å². The van der Waals surface area contributed by atoms with Gasteiger partial charge in [0.05, 0.1) is 0 Å². The van der Waals surface area contributed by atoms with Crippen LogP contribution in [-0.2, 0) is 0 Å². The molecular weight excluding hydrogens is 260 g/mol. The second kappa shape index (κ2) is 7.10. The first-order chi connectivity index (χ1) is 10.0. The highest BCUT2D eigenvalue weighted by Crippen LogP contribution is 2.34. The van der Waals surface area contributed by atoms with E-state index < -0.39 is 0 Å². The Labute approximate surface area is 129 Å². The number of nitrogens with zero attached hydrogens (tertiary/aromatic N) is 3. The molecule has 0 bridgehead atoms. The lowest BCUT2D eigenvalue weighted by atomic mass is 10.0. The van der Waals surface area contributed by atoms with Crippen molar-refractivity contribution in [2.75, 3.05) is 17.2 Å². The van der Waals surface area contributed by atoms with Crippen molar-refractivity contribution in [1.82, 2.24) is 9.97 Å². The summed E-state index contributed by atoms with van der Waals surface area (Å²) in [5, 5.41) is 0. The summed E-state index contributed by atoms with van der Waals surface area (Å²) in [7, 11) is 0. The molecule has 4 nitrogen and oxygen atoms in total. The van der Waals surface area contributed by atoms with Gasteiger partial charge in [0, 0.05) is 18.2 Å². The lowest BCUT2D eigenvalue weighted by Gasteiger charge is -2.33. The SMILES string of the molecule is CC(C)CCN(c1ncnc(N)c1C(C)C)C1CCCC1. The molecule has 21 heavy (non-hydrogen) atoms. The van der Waals surface area contributed by atoms with Crippen molar-refractivity contribution in [3.05, 3.63) is 11.9 Å².